The van der Waals surface area contributed by atoms with Crippen LogP contribution in [0.5, 0.6) is 0 Å². The smallest absolute Gasteiger partial charge is 0.357 e. The van der Waals surface area contributed by atoms with Gasteiger partial charge >= 0.3 is 11.9 Å². The molecule has 0 fully saturated rings. The van der Waals surface area contributed by atoms with Gasteiger partial charge < -0.3 is 9.47 Å². The van der Waals surface area contributed by atoms with Crippen LogP contribution in [0.3, 0.4) is 0 Å². The van der Waals surface area contributed by atoms with E-state index in [-0.39, 0.29) is 5.69 Å². The van der Waals surface area contributed by atoms with Gasteiger partial charge in [0.1, 0.15) is 5.01 Å². The van der Waals surface area contributed by atoms with Crippen molar-refractivity contribution in [1.82, 2.24) is 4.98 Å². The summed E-state index contributed by atoms with van der Waals surface area (Å²) in [7, 11) is 1.29. The van der Waals surface area contributed by atoms with E-state index >= 15 is 0 Å². The average molecular weight is 241 g/mol. The summed E-state index contributed by atoms with van der Waals surface area (Å²) < 4.78 is 9.20. The first kappa shape index (κ1) is 12.4. The van der Waals surface area contributed by atoms with Crippen molar-refractivity contribution in [3.63, 3.8) is 0 Å². The molecule has 0 amide bonds. The topological polar surface area (TPSA) is 65.5 Å². The van der Waals surface area contributed by atoms with Crippen LogP contribution in [0.15, 0.2) is 11.5 Å². The van der Waals surface area contributed by atoms with E-state index in [4.69, 9.17) is 4.74 Å². The Balaban J connectivity index is 2.68. The monoisotopic (exact) mass is 241 g/mol. The predicted molar refractivity (Wildman–Crippen MR) is 59.1 cm³/mol. The number of hydrogen-bond donors (Lipinski definition) is 0. The summed E-state index contributed by atoms with van der Waals surface area (Å²) >= 11 is 1.25. The summed E-state index contributed by atoms with van der Waals surface area (Å²) in [6.07, 6.45) is 2.73. The number of hydrogen-bond acceptors (Lipinski definition) is 6. The molecule has 1 rings (SSSR count). The van der Waals surface area contributed by atoms with Gasteiger partial charge in [-0.1, -0.05) is 0 Å². The van der Waals surface area contributed by atoms with Crippen molar-refractivity contribution in [2.45, 2.75) is 6.92 Å². The largest absolute Gasteiger partial charge is 0.466 e. The zero-order valence-electron chi connectivity index (χ0n) is 8.93. The Morgan fingerprint density at radius 2 is 2.31 bits per heavy atom. The van der Waals surface area contributed by atoms with Crippen LogP contribution < -0.4 is 0 Å². The van der Waals surface area contributed by atoms with Crippen molar-refractivity contribution in [3.8, 4) is 0 Å². The third-order valence-electron chi connectivity index (χ3n) is 1.57. The second-order valence-electron chi connectivity index (χ2n) is 2.65. The van der Waals surface area contributed by atoms with E-state index in [0.717, 1.165) is 0 Å². The molecule has 5 nitrogen and oxygen atoms in total. The summed E-state index contributed by atoms with van der Waals surface area (Å²) in [5.74, 6) is -0.927. The number of nitrogens with zero attached hydrogens (tertiary/aromatic N) is 1. The Morgan fingerprint density at radius 3 is 2.94 bits per heavy atom. The van der Waals surface area contributed by atoms with E-state index in [0.29, 0.717) is 11.6 Å². The van der Waals surface area contributed by atoms with Crippen LogP contribution >= 0.6 is 11.3 Å². The van der Waals surface area contributed by atoms with Gasteiger partial charge in [-0.05, 0) is 13.0 Å². The predicted octanol–water partition coefficient (Wildman–Crippen LogP) is 1.51. The number of thiazole rings is 1. The molecule has 0 radical (unpaired) electrons. The van der Waals surface area contributed by atoms with Crippen LogP contribution in [0.1, 0.15) is 22.4 Å². The van der Waals surface area contributed by atoms with E-state index in [9.17, 15) is 9.59 Å². The summed E-state index contributed by atoms with van der Waals surface area (Å²) in [6, 6.07) is 0. The molecule has 0 saturated heterocycles. The molecule has 0 N–H and O–H groups in total. The number of carbonyl (C=O) groups excluding carboxylic acids is 2. The van der Waals surface area contributed by atoms with Crippen LogP contribution in [0, 0.1) is 0 Å². The number of rotatable bonds is 4. The van der Waals surface area contributed by atoms with E-state index in [1.165, 1.54) is 30.6 Å². The van der Waals surface area contributed by atoms with Gasteiger partial charge in [0.15, 0.2) is 5.69 Å². The van der Waals surface area contributed by atoms with Crippen LogP contribution in [-0.4, -0.2) is 30.6 Å². The molecule has 0 bridgehead atoms. The molecule has 0 atom stereocenters. The molecular weight excluding hydrogens is 230 g/mol. The Hall–Kier alpha value is -1.69. The van der Waals surface area contributed by atoms with Gasteiger partial charge in [-0.3, -0.25) is 0 Å². The molecule has 0 aliphatic carbocycles. The molecule has 1 aromatic heterocycles. The minimum absolute atomic E-state index is 0.247. The summed E-state index contributed by atoms with van der Waals surface area (Å²) in [4.78, 5) is 26.0. The molecular formula is C10H11NO4S. The number of esters is 2. The van der Waals surface area contributed by atoms with E-state index in [1.54, 1.807) is 12.3 Å². The van der Waals surface area contributed by atoms with Crippen molar-refractivity contribution in [1.29, 1.82) is 0 Å². The molecule has 1 heterocycles. The van der Waals surface area contributed by atoms with Gasteiger partial charge in [-0.15, -0.1) is 11.3 Å². The van der Waals surface area contributed by atoms with Crippen molar-refractivity contribution >= 4 is 29.4 Å². The highest BCUT2D eigenvalue weighted by Gasteiger charge is 2.10. The highest BCUT2D eigenvalue weighted by Crippen LogP contribution is 2.12. The fraction of sp³-hybridized carbons (Fsp3) is 0.300. The lowest BCUT2D eigenvalue weighted by molar-refractivity contribution is -0.134. The zero-order chi connectivity index (χ0) is 12.0. The number of ether oxygens (including phenoxy) is 2. The first-order valence-electron chi connectivity index (χ1n) is 4.56. The van der Waals surface area contributed by atoms with E-state index in [1.807, 2.05) is 0 Å². The first-order chi connectivity index (χ1) is 7.67. The minimum atomic E-state index is -0.465. The van der Waals surface area contributed by atoms with E-state index < -0.39 is 11.9 Å². The van der Waals surface area contributed by atoms with E-state index in [2.05, 4.69) is 9.72 Å². The Labute approximate surface area is 96.7 Å². The molecule has 6 heteroatoms. The molecule has 0 aliphatic heterocycles. The summed E-state index contributed by atoms with van der Waals surface area (Å²) in [5, 5.41) is 2.13. The Bertz CT molecular complexity index is 411. The lowest BCUT2D eigenvalue weighted by atomic mass is 10.5. The third kappa shape index (κ3) is 3.47. The average Bonchev–Trinajstić information content (AvgIpc) is 2.75. The minimum Gasteiger partial charge on any atom is -0.466 e. The van der Waals surface area contributed by atoms with Gasteiger partial charge in [0.2, 0.25) is 0 Å². The Kier molecular flexibility index (Phi) is 4.65. The molecule has 0 aliphatic rings. The molecule has 86 valence electrons. The van der Waals surface area contributed by atoms with Gasteiger partial charge in [0.05, 0.1) is 13.7 Å². The lowest BCUT2D eigenvalue weighted by Gasteiger charge is -1.95. The molecule has 0 aromatic carbocycles. The van der Waals surface area contributed by atoms with Crippen LogP contribution in [-0.2, 0) is 14.3 Å². The molecule has 16 heavy (non-hydrogen) atoms. The summed E-state index contributed by atoms with van der Waals surface area (Å²) in [5.41, 5.74) is 0.247. The zero-order valence-corrected chi connectivity index (χ0v) is 9.74. The first-order valence-corrected chi connectivity index (χ1v) is 5.44. The molecule has 0 spiro atoms. The summed E-state index contributed by atoms with van der Waals surface area (Å²) in [6.45, 7) is 2.03. The number of aromatic nitrogens is 1. The number of methoxy groups -OCH3 is 1. The van der Waals surface area contributed by atoms with Crippen molar-refractivity contribution in [2.24, 2.45) is 0 Å². The highest BCUT2D eigenvalue weighted by atomic mass is 32.1. The fourth-order valence-electron chi connectivity index (χ4n) is 0.870. The molecule has 1 aromatic rings. The van der Waals surface area contributed by atoms with Gasteiger partial charge in [0.25, 0.3) is 0 Å². The fourth-order valence-corrected chi connectivity index (χ4v) is 1.55. The maximum absolute atomic E-state index is 11.3. The van der Waals surface area contributed by atoms with Crippen molar-refractivity contribution < 1.29 is 19.1 Å². The normalized spacial score (nSPS) is 10.4. The lowest BCUT2D eigenvalue weighted by Crippen LogP contribution is -2.04. The standard InChI is InChI=1S/C10H11NO4S/c1-3-15-10(13)7-6-16-8(11-7)4-5-9(12)14-2/h4-6H,3H2,1-2H3. The van der Waals surface area contributed by atoms with Crippen molar-refractivity contribution in [2.75, 3.05) is 13.7 Å². The second kappa shape index (κ2) is 6.02. The van der Waals surface area contributed by atoms with Crippen LogP contribution in [0.2, 0.25) is 0 Å². The highest BCUT2D eigenvalue weighted by molar-refractivity contribution is 7.10. The van der Waals surface area contributed by atoms with Gasteiger partial charge in [0, 0.05) is 11.5 Å². The van der Waals surface area contributed by atoms with Crippen molar-refractivity contribution in [3.05, 3.63) is 22.2 Å². The third-order valence-corrected chi connectivity index (χ3v) is 2.38. The Morgan fingerprint density at radius 1 is 1.56 bits per heavy atom. The second-order valence-corrected chi connectivity index (χ2v) is 3.54. The quantitative estimate of drug-likeness (QED) is 0.590. The van der Waals surface area contributed by atoms with Crippen LogP contribution in [0.25, 0.3) is 6.08 Å². The molecule has 0 unspecified atom stereocenters. The molecule has 0 saturated carbocycles. The SMILES string of the molecule is CCOC(=O)c1csc(C=CC(=O)OC)n1. The number of carbonyl (C=O) groups is 2. The van der Waals surface area contributed by atoms with Crippen LogP contribution in [0.4, 0.5) is 0 Å². The van der Waals surface area contributed by atoms with Gasteiger partial charge in [-0.25, -0.2) is 14.6 Å². The van der Waals surface area contributed by atoms with Gasteiger partial charge in [-0.2, -0.15) is 0 Å². The maximum atomic E-state index is 11.3. The maximum Gasteiger partial charge on any atom is 0.357 e.